The van der Waals surface area contributed by atoms with Gasteiger partial charge in [-0.1, -0.05) is 35.5 Å². The van der Waals surface area contributed by atoms with E-state index < -0.39 is 10.0 Å². The number of sulfonamides is 1. The van der Waals surface area contributed by atoms with Crippen LogP contribution in [0.2, 0.25) is 0 Å². The standard InChI is InChI=1S/C18H19N3O4S/c1-13(2)24-15-8-10-16(11-9-15)26(22,23)19-12-17-20-18(21-25-17)14-6-4-3-5-7-14/h3-11,13,19H,12H2,1-2H3. The van der Waals surface area contributed by atoms with Crippen LogP contribution in [0.15, 0.2) is 64.0 Å². The van der Waals surface area contributed by atoms with Crippen molar-refractivity contribution < 1.29 is 17.7 Å². The fraction of sp³-hybridized carbons (Fsp3) is 0.222. The Morgan fingerprint density at radius 1 is 1.08 bits per heavy atom. The van der Waals surface area contributed by atoms with Crippen LogP contribution in [-0.4, -0.2) is 24.7 Å². The number of benzene rings is 2. The van der Waals surface area contributed by atoms with Gasteiger partial charge in [-0.15, -0.1) is 0 Å². The first kappa shape index (κ1) is 18.1. The molecule has 3 aromatic rings. The Balaban J connectivity index is 1.66. The van der Waals surface area contributed by atoms with Gasteiger partial charge in [0, 0.05) is 5.56 Å². The zero-order chi connectivity index (χ0) is 18.6. The fourth-order valence-electron chi connectivity index (χ4n) is 2.24. The van der Waals surface area contributed by atoms with E-state index in [4.69, 9.17) is 9.26 Å². The molecule has 0 fully saturated rings. The van der Waals surface area contributed by atoms with E-state index >= 15 is 0 Å². The minimum absolute atomic E-state index is 0.0203. The summed E-state index contributed by atoms with van der Waals surface area (Å²) >= 11 is 0. The maximum absolute atomic E-state index is 12.4. The Labute approximate surface area is 152 Å². The SMILES string of the molecule is CC(C)Oc1ccc(S(=O)(=O)NCc2nc(-c3ccccc3)no2)cc1. The molecule has 0 bridgehead atoms. The summed E-state index contributed by atoms with van der Waals surface area (Å²) in [5, 5.41) is 3.86. The van der Waals surface area contributed by atoms with Crippen LogP contribution < -0.4 is 9.46 Å². The van der Waals surface area contributed by atoms with Gasteiger partial charge in [-0.3, -0.25) is 0 Å². The van der Waals surface area contributed by atoms with E-state index in [1.54, 1.807) is 12.1 Å². The molecule has 0 unspecified atom stereocenters. The predicted molar refractivity (Wildman–Crippen MR) is 96.0 cm³/mol. The van der Waals surface area contributed by atoms with Gasteiger partial charge in [-0.2, -0.15) is 4.98 Å². The second kappa shape index (κ2) is 7.67. The first-order chi connectivity index (χ1) is 12.4. The van der Waals surface area contributed by atoms with Crippen LogP contribution >= 0.6 is 0 Å². The summed E-state index contributed by atoms with van der Waals surface area (Å²) in [6.45, 7) is 3.72. The number of nitrogens with one attached hydrogen (secondary N) is 1. The minimum Gasteiger partial charge on any atom is -0.491 e. The molecule has 0 saturated heterocycles. The topological polar surface area (TPSA) is 94.3 Å². The molecule has 1 aromatic heterocycles. The summed E-state index contributed by atoms with van der Waals surface area (Å²) in [5.41, 5.74) is 0.797. The highest BCUT2D eigenvalue weighted by Crippen LogP contribution is 2.18. The summed E-state index contributed by atoms with van der Waals surface area (Å²) in [7, 11) is -3.69. The van der Waals surface area contributed by atoms with Crippen LogP contribution in [0.25, 0.3) is 11.4 Å². The largest absolute Gasteiger partial charge is 0.491 e. The molecule has 0 aliphatic heterocycles. The average Bonchev–Trinajstić information content (AvgIpc) is 3.10. The summed E-state index contributed by atoms with van der Waals surface area (Å²) in [5.74, 6) is 1.21. The van der Waals surface area contributed by atoms with Crippen molar-refractivity contribution in [1.29, 1.82) is 0 Å². The number of hydrogen-bond donors (Lipinski definition) is 1. The first-order valence-electron chi connectivity index (χ1n) is 8.08. The number of ether oxygens (including phenoxy) is 1. The molecule has 0 saturated carbocycles. The van der Waals surface area contributed by atoms with E-state index in [1.807, 2.05) is 44.2 Å². The van der Waals surface area contributed by atoms with E-state index in [0.717, 1.165) is 5.56 Å². The van der Waals surface area contributed by atoms with Crippen molar-refractivity contribution in [3.8, 4) is 17.1 Å². The maximum Gasteiger partial charge on any atom is 0.242 e. The molecule has 3 rings (SSSR count). The van der Waals surface area contributed by atoms with E-state index in [1.165, 1.54) is 12.1 Å². The lowest BCUT2D eigenvalue weighted by Crippen LogP contribution is -2.23. The molecule has 8 heteroatoms. The number of aromatic nitrogens is 2. The van der Waals surface area contributed by atoms with Crippen molar-refractivity contribution in [2.24, 2.45) is 0 Å². The molecule has 2 aromatic carbocycles. The zero-order valence-electron chi connectivity index (χ0n) is 14.4. The first-order valence-corrected chi connectivity index (χ1v) is 9.57. The van der Waals surface area contributed by atoms with E-state index in [-0.39, 0.29) is 23.4 Å². The molecule has 7 nitrogen and oxygen atoms in total. The summed E-state index contributed by atoms with van der Waals surface area (Å²) in [6, 6.07) is 15.5. The lowest BCUT2D eigenvalue weighted by Gasteiger charge is -2.10. The Hall–Kier alpha value is -2.71. The van der Waals surface area contributed by atoms with E-state index in [9.17, 15) is 8.42 Å². The Kier molecular flexibility index (Phi) is 5.34. The fourth-order valence-corrected chi connectivity index (χ4v) is 3.22. The van der Waals surface area contributed by atoms with Crippen LogP contribution in [0.4, 0.5) is 0 Å². The molecule has 0 spiro atoms. The van der Waals surface area contributed by atoms with Gasteiger partial charge in [0.25, 0.3) is 0 Å². The summed E-state index contributed by atoms with van der Waals surface area (Å²) in [6.07, 6.45) is 0.0203. The molecule has 1 N–H and O–H groups in total. The van der Waals surface area contributed by atoms with Gasteiger partial charge in [0.15, 0.2) is 0 Å². The smallest absolute Gasteiger partial charge is 0.242 e. The van der Waals surface area contributed by atoms with Gasteiger partial charge in [-0.05, 0) is 38.1 Å². The second-order valence-electron chi connectivity index (χ2n) is 5.84. The van der Waals surface area contributed by atoms with Crippen molar-refractivity contribution in [2.45, 2.75) is 31.4 Å². The average molecular weight is 373 g/mol. The summed E-state index contributed by atoms with van der Waals surface area (Å²) < 4.78 is 37.8. The van der Waals surface area contributed by atoms with Crippen LogP contribution in [0.3, 0.4) is 0 Å². The van der Waals surface area contributed by atoms with Gasteiger partial charge in [-0.25, -0.2) is 13.1 Å². The van der Waals surface area contributed by atoms with Gasteiger partial charge < -0.3 is 9.26 Å². The third-order valence-electron chi connectivity index (χ3n) is 3.42. The van der Waals surface area contributed by atoms with Crippen molar-refractivity contribution in [1.82, 2.24) is 14.9 Å². The van der Waals surface area contributed by atoms with Crippen LogP contribution in [0.5, 0.6) is 5.75 Å². The molecular weight excluding hydrogens is 354 g/mol. The van der Waals surface area contributed by atoms with E-state index in [2.05, 4.69) is 14.9 Å². The van der Waals surface area contributed by atoms with Gasteiger partial charge >= 0.3 is 0 Å². The molecule has 0 atom stereocenters. The van der Waals surface area contributed by atoms with Gasteiger partial charge in [0.1, 0.15) is 5.75 Å². The van der Waals surface area contributed by atoms with Gasteiger partial charge in [0.05, 0.1) is 17.5 Å². The molecular formula is C18H19N3O4S. The van der Waals surface area contributed by atoms with Crippen LogP contribution in [0, 0.1) is 0 Å². The molecule has 136 valence electrons. The molecule has 0 aliphatic rings. The minimum atomic E-state index is -3.69. The van der Waals surface area contributed by atoms with E-state index in [0.29, 0.717) is 11.6 Å². The third kappa shape index (κ3) is 4.47. The predicted octanol–water partition coefficient (Wildman–Crippen LogP) is 3.00. The molecule has 0 aliphatic carbocycles. The monoisotopic (exact) mass is 373 g/mol. The maximum atomic E-state index is 12.4. The highest BCUT2D eigenvalue weighted by atomic mass is 32.2. The second-order valence-corrected chi connectivity index (χ2v) is 7.61. The van der Waals surface area contributed by atoms with Crippen molar-refractivity contribution in [2.75, 3.05) is 0 Å². The molecule has 0 radical (unpaired) electrons. The molecule has 1 heterocycles. The van der Waals surface area contributed by atoms with Gasteiger partial charge in [0.2, 0.25) is 21.7 Å². The Morgan fingerprint density at radius 2 is 1.77 bits per heavy atom. The number of nitrogens with zero attached hydrogens (tertiary/aromatic N) is 2. The lowest BCUT2D eigenvalue weighted by molar-refractivity contribution is 0.242. The summed E-state index contributed by atoms with van der Waals surface area (Å²) in [4.78, 5) is 4.33. The molecule has 26 heavy (non-hydrogen) atoms. The van der Waals surface area contributed by atoms with Crippen LogP contribution in [0.1, 0.15) is 19.7 Å². The third-order valence-corrected chi connectivity index (χ3v) is 4.84. The molecule has 0 amide bonds. The number of hydrogen-bond acceptors (Lipinski definition) is 6. The number of rotatable bonds is 7. The van der Waals surface area contributed by atoms with Crippen molar-refractivity contribution >= 4 is 10.0 Å². The van der Waals surface area contributed by atoms with Crippen molar-refractivity contribution in [3.05, 3.63) is 60.5 Å². The lowest BCUT2D eigenvalue weighted by atomic mass is 10.2. The quantitative estimate of drug-likeness (QED) is 0.684. The normalized spacial score (nSPS) is 11.7. The van der Waals surface area contributed by atoms with Crippen molar-refractivity contribution in [3.63, 3.8) is 0 Å². The highest BCUT2D eigenvalue weighted by Gasteiger charge is 2.16. The zero-order valence-corrected chi connectivity index (χ0v) is 15.2. The van der Waals surface area contributed by atoms with Crippen LogP contribution in [-0.2, 0) is 16.6 Å². The Morgan fingerprint density at radius 3 is 2.42 bits per heavy atom. The highest BCUT2D eigenvalue weighted by molar-refractivity contribution is 7.89. The Bertz CT molecular complexity index is 952.